The third-order valence-corrected chi connectivity index (χ3v) is 10.0. The molecule has 1 atom stereocenters. The lowest BCUT2D eigenvalue weighted by atomic mass is 9.63. The van der Waals surface area contributed by atoms with Crippen LogP contribution in [0.5, 0.6) is 0 Å². The number of hydrogen-bond acceptors (Lipinski definition) is 6. The zero-order valence-electron chi connectivity index (χ0n) is 19.3. The number of fused-ring (bicyclic) bond motifs is 2. The predicted octanol–water partition coefficient (Wildman–Crippen LogP) is 3.88. The molecular weight excluding hydrogens is 434 g/mol. The van der Waals surface area contributed by atoms with Crippen LogP contribution in [0.2, 0.25) is 0 Å². The number of carbonyl (C=O) groups excluding carboxylic acids is 1. The molecule has 2 aromatic rings. The zero-order chi connectivity index (χ0) is 22.8. The van der Waals surface area contributed by atoms with Gasteiger partial charge in [-0.3, -0.25) is 9.00 Å². The Hall–Kier alpha value is -2.32. The average molecular weight is 466 g/mol. The SMILES string of the molecule is CCN1CCC2(CC1)CC(S(=O)c1ccc(Nc3ncc4c(n3)NC(=O)C43CC3)c(C)c1)C2. The smallest absolute Gasteiger partial charge is 0.236 e. The van der Waals surface area contributed by atoms with Crippen LogP contribution in [0.3, 0.4) is 0 Å². The lowest BCUT2D eigenvalue weighted by Crippen LogP contribution is -2.50. The molecule has 2 N–H and O–H groups in total. The molecule has 8 heteroatoms. The van der Waals surface area contributed by atoms with Crippen LogP contribution in [-0.4, -0.2) is 49.9 Å². The van der Waals surface area contributed by atoms with Crippen molar-refractivity contribution in [2.24, 2.45) is 5.41 Å². The van der Waals surface area contributed by atoms with Crippen molar-refractivity contribution in [1.82, 2.24) is 14.9 Å². The highest BCUT2D eigenvalue weighted by atomic mass is 32.2. The molecule has 1 amide bonds. The standard InChI is InChI=1S/C25H31N5O2S/c1-3-30-10-8-24(9-11-30)13-18(14-24)33(32)17-4-5-20(16(2)12-17)27-23-26-15-19-21(29-23)28-22(31)25(19)6-7-25/h4-5,12,15,18H,3,6-11,13-14H2,1-2H3,(H2,26,27,28,29,31). The van der Waals surface area contributed by atoms with E-state index >= 15 is 0 Å². The molecule has 174 valence electrons. The molecule has 4 aliphatic rings. The zero-order valence-corrected chi connectivity index (χ0v) is 20.1. The van der Waals surface area contributed by atoms with Crippen LogP contribution in [0.25, 0.3) is 0 Å². The van der Waals surface area contributed by atoms with Gasteiger partial charge in [0.05, 0.1) is 16.2 Å². The number of likely N-dealkylation sites (tertiary alicyclic amines) is 1. The van der Waals surface area contributed by atoms with E-state index in [0.29, 0.717) is 17.2 Å². The third-order valence-electron chi connectivity index (χ3n) is 8.39. The van der Waals surface area contributed by atoms with E-state index in [0.717, 1.165) is 53.9 Å². The predicted molar refractivity (Wildman–Crippen MR) is 129 cm³/mol. The van der Waals surface area contributed by atoms with Crippen molar-refractivity contribution in [2.75, 3.05) is 30.3 Å². The molecule has 6 rings (SSSR count). The fourth-order valence-electron chi connectivity index (χ4n) is 5.88. The first-order valence-corrected chi connectivity index (χ1v) is 13.3. The van der Waals surface area contributed by atoms with Crippen LogP contribution in [0.4, 0.5) is 17.5 Å². The van der Waals surface area contributed by atoms with Gasteiger partial charge in [0.2, 0.25) is 11.9 Å². The molecule has 2 aliphatic carbocycles. The Morgan fingerprint density at radius 2 is 1.97 bits per heavy atom. The Balaban J connectivity index is 1.11. The van der Waals surface area contributed by atoms with E-state index in [4.69, 9.17) is 0 Å². The average Bonchev–Trinajstić information content (AvgIpc) is 3.55. The molecule has 1 unspecified atom stereocenters. The molecule has 1 aromatic heterocycles. The summed E-state index contributed by atoms with van der Waals surface area (Å²) in [4.78, 5) is 24.6. The van der Waals surface area contributed by atoms with Crippen LogP contribution in [0, 0.1) is 12.3 Å². The van der Waals surface area contributed by atoms with Gasteiger partial charge in [-0.1, -0.05) is 6.92 Å². The van der Waals surface area contributed by atoms with E-state index < -0.39 is 10.8 Å². The van der Waals surface area contributed by atoms with Crippen molar-refractivity contribution in [1.29, 1.82) is 0 Å². The van der Waals surface area contributed by atoms with Crippen molar-refractivity contribution < 1.29 is 9.00 Å². The summed E-state index contributed by atoms with van der Waals surface area (Å²) in [6.07, 6.45) is 8.19. The number of nitrogens with zero attached hydrogens (tertiary/aromatic N) is 3. The van der Waals surface area contributed by atoms with Crippen molar-refractivity contribution >= 4 is 34.2 Å². The second kappa shape index (κ2) is 7.60. The number of piperidine rings is 1. The van der Waals surface area contributed by atoms with Gasteiger partial charge in [-0.2, -0.15) is 4.98 Å². The van der Waals surface area contributed by atoms with E-state index in [2.05, 4.69) is 32.4 Å². The van der Waals surface area contributed by atoms with Gasteiger partial charge in [0, 0.05) is 27.6 Å². The van der Waals surface area contributed by atoms with Crippen LogP contribution in [-0.2, 0) is 21.0 Å². The second-order valence-corrected chi connectivity index (χ2v) is 12.1. The summed E-state index contributed by atoms with van der Waals surface area (Å²) in [6, 6.07) is 5.95. The first-order valence-electron chi connectivity index (χ1n) is 12.1. The summed E-state index contributed by atoms with van der Waals surface area (Å²) < 4.78 is 13.2. The van der Waals surface area contributed by atoms with Gasteiger partial charge in [-0.05, 0) is 94.3 Å². The minimum atomic E-state index is -0.970. The number of nitrogens with one attached hydrogen (secondary N) is 2. The molecule has 3 fully saturated rings. The first-order chi connectivity index (χ1) is 15.9. The van der Waals surface area contributed by atoms with Gasteiger partial charge < -0.3 is 15.5 Å². The van der Waals surface area contributed by atoms with Gasteiger partial charge in [0.25, 0.3) is 0 Å². The Kier molecular flexibility index (Phi) is 4.89. The number of carbonyl (C=O) groups is 1. The molecule has 0 bridgehead atoms. The second-order valence-electron chi connectivity index (χ2n) is 10.4. The van der Waals surface area contributed by atoms with E-state index in [1.165, 1.54) is 25.9 Å². The van der Waals surface area contributed by atoms with E-state index in [-0.39, 0.29) is 16.6 Å². The molecule has 2 aliphatic heterocycles. The normalized spacial score (nSPS) is 23.8. The summed E-state index contributed by atoms with van der Waals surface area (Å²) in [5.74, 6) is 1.12. The first kappa shape index (κ1) is 21.2. The van der Waals surface area contributed by atoms with Crippen molar-refractivity contribution in [2.45, 2.75) is 67.9 Å². The summed E-state index contributed by atoms with van der Waals surface area (Å²) in [5, 5.41) is 6.44. The van der Waals surface area contributed by atoms with Gasteiger partial charge in [0.15, 0.2) is 0 Å². The minimum Gasteiger partial charge on any atom is -0.324 e. The number of anilines is 3. The monoisotopic (exact) mass is 465 g/mol. The lowest BCUT2D eigenvalue weighted by Gasteiger charge is -2.51. The molecule has 7 nitrogen and oxygen atoms in total. The largest absolute Gasteiger partial charge is 0.324 e. The highest BCUT2D eigenvalue weighted by Gasteiger charge is 2.57. The number of benzene rings is 1. The summed E-state index contributed by atoms with van der Waals surface area (Å²) in [6.45, 7) is 7.75. The van der Waals surface area contributed by atoms with Gasteiger partial charge in [0.1, 0.15) is 5.82 Å². The van der Waals surface area contributed by atoms with Gasteiger partial charge >= 0.3 is 0 Å². The van der Waals surface area contributed by atoms with Crippen LogP contribution >= 0.6 is 0 Å². The van der Waals surface area contributed by atoms with Crippen molar-refractivity contribution in [3.63, 3.8) is 0 Å². The van der Waals surface area contributed by atoms with Crippen LogP contribution in [0.1, 0.15) is 56.6 Å². The maximum Gasteiger partial charge on any atom is 0.236 e. The number of aromatic nitrogens is 2. The maximum atomic E-state index is 13.2. The lowest BCUT2D eigenvalue weighted by molar-refractivity contribution is -0.117. The topological polar surface area (TPSA) is 87.2 Å². The number of aryl methyl sites for hydroxylation is 1. The Bertz CT molecular complexity index is 1150. The molecule has 3 heterocycles. The Labute approximate surface area is 197 Å². The molecule has 33 heavy (non-hydrogen) atoms. The fraction of sp³-hybridized carbons (Fsp3) is 0.560. The van der Waals surface area contributed by atoms with Gasteiger partial charge in [-0.15, -0.1) is 0 Å². The summed E-state index contributed by atoms with van der Waals surface area (Å²) in [5.41, 5.74) is 2.88. The molecule has 2 spiro atoms. The number of rotatable bonds is 5. The third kappa shape index (κ3) is 3.49. The molecule has 2 saturated carbocycles. The van der Waals surface area contributed by atoms with E-state index in [9.17, 15) is 9.00 Å². The minimum absolute atomic E-state index is 0.0423. The quantitative estimate of drug-likeness (QED) is 0.697. The maximum absolute atomic E-state index is 13.2. The summed E-state index contributed by atoms with van der Waals surface area (Å²) >= 11 is 0. The summed E-state index contributed by atoms with van der Waals surface area (Å²) in [7, 11) is -0.970. The van der Waals surface area contributed by atoms with Crippen molar-refractivity contribution in [3.8, 4) is 0 Å². The highest BCUT2D eigenvalue weighted by molar-refractivity contribution is 7.85. The molecule has 0 radical (unpaired) electrons. The van der Waals surface area contributed by atoms with E-state index in [1.54, 1.807) is 6.20 Å². The van der Waals surface area contributed by atoms with E-state index in [1.807, 2.05) is 25.1 Å². The molecule has 1 saturated heterocycles. The highest BCUT2D eigenvalue weighted by Crippen LogP contribution is 2.54. The fourth-order valence-corrected chi connectivity index (χ4v) is 7.77. The molecular formula is C25H31N5O2S. The number of hydrogen-bond donors (Lipinski definition) is 2. The van der Waals surface area contributed by atoms with Crippen LogP contribution < -0.4 is 10.6 Å². The van der Waals surface area contributed by atoms with Gasteiger partial charge in [-0.25, -0.2) is 4.98 Å². The Morgan fingerprint density at radius 3 is 2.64 bits per heavy atom. The van der Waals surface area contributed by atoms with Crippen molar-refractivity contribution in [3.05, 3.63) is 35.5 Å². The Morgan fingerprint density at radius 1 is 1.21 bits per heavy atom. The number of amides is 1. The molecule has 1 aromatic carbocycles. The van der Waals surface area contributed by atoms with Crippen LogP contribution in [0.15, 0.2) is 29.3 Å².